The van der Waals surface area contributed by atoms with Crippen molar-refractivity contribution < 1.29 is 4.39 Å². The summed E-state index contributed by atoms with van der Waals surface area (Å²) in [6.07, 6.45) is 5.85. The fraction of sp³-hybridized carbons (Fsp3) is 0.667. The van der Waals surface area contributed by atoms with E-state index in [1.54, 1.807) is 12.1 Å². The highest BCUT2D eigenvalue weighted by Gasteiger charge is 2.40. The van der Waals surface area contributed by atoms with E-state index in [4.69, 9.17) is 0 Å². The first-order valence-corrected chi connectivity index (χ1v) is 10.3. The number of nitrogens with one attached hydrogen (secondary N) is 2. The second kappa shape index (κ2) is 9.36. The van der Waals surface area contributed by atoms with Crippen molar-refractivity contribution in [1.29, 1.82) is 0 Å². The van der Waals surface area contributed by atoms with E-state index >= 15 is 0 Å². The van der Waals surface area contributed by atoms with Crippen molar-refractivity contribution in [2.75, 3.05) is 26.2 Å². The lowest BCUT2D eigenvalue weighted by Gasteiger charge is -2.33. The molecule has 0 amide bonds. The number of hydrogen-bond acceptors (Lipinski definition) is 2. The fourth-order valence-corrected chi connectivity index (χ4v) is 3.82. The zero-order chi connectivity index (χ0) is 18.4. The van der Waals surface area contributed by atoms with Crippen LogP contribution in [-0.4, -0.2) is 49.1 Å². The molecule has 4 nitrogen and oxygen atoms in total. The van der Waals surface area contributed by atoms with Gasteiger partial charge < -0.3 is 15.5 Å². The summed E-state index contributed by atoms with van der Waals surface area (Å²) in [6.45, 7) is 8.61. The average Bonchev–Trinajstić information content (AvgIpc) is 3.40. The van der Waals surface area contributed by atoms with Crippen LogP contribution in [0.1, 0.15) is 57.4 Å². The van der Waals surface area contributed by atoms with Gasteiger partial charge in [0.25, 0.3) is 0 Å². The van der Waals surface area contributed by atoms with Gasteiger partial charge in [-0.3, -0.25) is 4.99 Å². The van der Waals surface area contributed by atoms with Crippen LogP contribution in [0, 0.1) is 5.82 Å². The van der Waals surface area contributed by atoms with Crippen LogP contribution in [0.5, 0.6) is 0 Å². The molecule has 144 valence electrons. The molecule has 1 aliphatic carbocycles. The number of piperidine rings is 1. The van der Waals surface area contributed by atoms with Gasteiger partial charge in [-0.25, -0.2) is 4.39 Å². The largest absolute Gasteiger partial charge is 0.354 e. The van der Waals surface area contributed by atoms with Crippen LogP contribution in [0.3, 0.4) is 0 Å². The number of nitrogens with zero attached hydrogens (tertiary/aromatic N) is 2. The number of likely N-dealkylation sites (tertiary alicyclic amines) is 1. The fourth-order valence-electron chi connectivity index (χ4n) is 3.82. The summed E-state index contributed by atoms with van der Waals surface area (Å²) in [7, 11) is 0. The summed E-state index contributed by atoms with van der Waals surface area (Å²) in [5.74, 6) is 1.06. The Labute approximate surface area is 157 Å². The molecule has 1 aromatic rings. The molecule has 2 atom stereocenters. The van der Waals surface area contributed by atoms with Crippen molar-refractivity contribution in [3.05, 3.63) is 35.6 Å². The zero-order valence-corrected chi connectivity index (χ0v) is 16.2. The maximum atomic E-state index is 14.0. The summed E-state index contributed by atoms with van der Waals surface area (Å²) in [4.78, 5) is 7.17. The normalized spacial score (nSPS) is 24.5. The van der Waals surface area contributed by atoms with Gasteiger partial charge in [0, 0.05) is 37.6 Å². The number of hydrogen-bond donors (Lipinski definition) is 2. The van der Waals surface area contributed by atoms with Gasteiger partial charge in [-0.1, -0.05) is 31.5 Å². The highest BCUT2D eigenvalue weighted by Crippen LogP contribution is 2.41. The van der Waals surface area contributed by atoms with Gasteiger partial charge in [-0.05, 0) is 50.8 Å². The summed E-state index contributed by atoms with van der Waals surface area (Å²) >= 11 is 0. The van der Waals surface area contributed by atoms with Crippen LogP contribution >= 0.6 is 0 Å². The minimum atomic E-state index is -0.0943. The minimum Gasteiger partial charge on any atom is -0.354 e. The molecule has 2 aliphatic rings. The first-order chi connectivity index (χ1) is 12.7. The monoisotopic (exact) mass is 360 g/mol. The molecule has 0 radical (unpaired) electrons. The Kier molecular flexibility index (Phi) is 6.89. The van der Waals surface area contributed by atoms with Crippen molar-refractivity contribution in [3.8, 4) is 0 Å². The number of guanidine groups is 1. The average molecular weight is 361 g/mol. The van der Waals surface area contributed by atoms with Gasteiger partial charge in [0.05, 0.1) is 0 Å². The summed E-state index contributed by atoms with van der Waals surface area (Å²) in [5.41, 5.74) is 0.824. The van der Waals surface area contributed by atoms with Gasteiger partial charge in [-0.15, -0.1) is 0 Å². The van der Waals surface area contributed by atoms with Crippen molar-refractivity contribution in [3.63, 3.8) is 0 Å². The second-order valence-electron chi connectivity index (χ2n) is 7.55. The molecule has 1 aliphatic heterocycles. The molecule has 1 heterocycles. The molecular weight excluding hydrogens is 327 g/mol. The van der Waals surface area contributed by atoms with Gasteiger partial charge in [0.2, 0.25) is 0 Å². The predicted molar refractivity (Wildman–Crippen MR) is 106 cm³/mol. The molecule has 0 spiro atoms. The van der Waals surface area contributed by atoms with Crippen LogP contribution in [0.25, 0.3) is 0 Å². The number of rotatable bonds is 7. The third-order valence-electron chi connectivity index (χ3n) is 5.49. The maximum Gasteiger partial charge on any atom is 0.191 e. The molecule has 2 fully saturated rings. The quantitative estimate of drug-likeness (QED) is 0.577. The molecule has 1 saturated heterocycles. The lowest BCUT2D eigenvalue weighted by molar-refractivity contribution is 0.203. The predicted octanol–water partition coefficient (Wildman–Crippen LogP) is 3.50. The van der Waals surface area contributed by atoms with Crippen molar-refractivity contribution in [1.82, 2.24) is 15.5 Å². The maximum absolute atomic E-state index is 14.0. The topological polar surface area (TPSA) is 39.7 Å². The van der Waals surface area contributed by atoms with E-state index in [9.17, 15) is 4.39 Å². The Hall–Kier alpha value is -1.62. The van der Waals surface area contributed by atoms with Crippen molar-refractivity contribution >= 4 is 5.96 Å². The van der Waals surface area contributed by atoms with Crippen molar-refractivity contribution in [2.24, 2.45) is 4.99 Å². The zero-order valence-electron chi connectivity index (χ0n) is 16.2. The van der Waals surface area contributed by atoms with Gasteiger partial charge in [-0.2, -0.15) is 0 Å². The van der Waals surface area contributed by atoms with Crippen LogP contribution in [-0.2, 0) is 0 Å². The van der Waals surface area contributed by atoms with Gasteiger partial charge in [0.15, 0.2) is 5.96 Å². The number of unbranched alkanes of at least 4 members (excludes halogenated alkanes) is 1. The van der Waals surface area contributed by atoms with E-state index in [2.05, 4.69) is 34.4 Å². The van der Waals surface area contributed by atoms with E-state index in [-0.39, 0.29) is 17.8 Å². The van der Waals surface area contributed by atoms with Crippen LogP contribution < -0.4 is 10.6 Å². The summed E-state index contributed by atoms with van der Waals surface area (Å²) in [5, 5.41) is 7.13. The third-order valence-corrected chi connectivity index (χ3v) is 5.49. The Bertz CT molecular complexity index is 595. The SMILES string of the molecule is CCCCN1CCC(NC(=NCC)NC2CC2c2ccccc2F)CC1. The molecule has 3 rings (SSSR count). The van der Waals surface area contributed by atoms with E-state index < -0.39 is 0 Å². The van der Waals surface area contributed by atoms with Gasteiger partial charge in [0.1, 0.15) is 5.82 Å². The summed E-state index contributed by atoms with van der Waals surface area (Å²) < 4.78 is 14.0. The first-order valence-electron chi connectivity index (χ1n) is 10.3. The standard InChI is InChI=1S/C21H33FN4/c1-3-5-12-26-13-10-16(11-14-26)24-21(23-4-2)25-20-15-18(20)17-8-6-7-9-19(17)22/h6-9,16,18,20H,3-5,10-15H2,1-2H3,(H2,23,24,25). The van der Waals surface area contributed by atoms with Crippen LogP contribution in [0.15, 0.2) is 29.3 Å². The number of benzene rings is 1. The first kappa shape index (κ1) is 19.2. The molecule has 0 aromatic heterocycles. The van der Waals surface area contributed by atoms with E-state index in [0.29, 0.717) is 6.04 Å². The molecular formula is C21H33FN4. The molecule has 2 N–H and O–H groups in total. The number of aliphatic imine (C=N–C) groups is 1. The molecule has 1 aromatic carbocycles. The smallest absolute Gasteiger partial charge is 0.191 e. The second-order valence-corrected chi connectivity index (χ2v) is 7.55. The third kappa shape index (κ3) is 5.19. The van der Waals surface area contributed by atoms with Crippen molar-refractivity contribution in [2.45, 2.75) is 64.0 Å². The van der Waals surface area contributed by atoms with E-state index in [1.807, 2.05) is 12.1 Å². The lowest BCUT2D eigenvalue weighted by Crippen LogP contribution is -2.49. The van der Waals surface area contributed by atoms with Gasteiger partial charge >= 0.3 is 0 Å². The Morgan fingerprint density at radius 2 is 1.96 bits per heavy atom. The molecule has 26 heavy (non-hydrogen) atoms. The van der Waals surface area contributed by atoms with Crippen LogP contribution in [0.4, 0.5) is 4.39 Å². The van der Waals surface area contributed by atoms with E-state index in [1.165, 1.54) is 32.5 Å². The minimum absolute atomic E-state index is 0.0943. The van der Waals surface area contributed by atoms with E-state index in [0.717, 1.165) is 37.3 Å². The molecule has 5 heteroatoms. The number of halogens is 1. The molecule has 1 saturated carbocycles. The highest BCUT2D eigenvalue weighted by molar-refractivity contribution is 5.81. The Balaban J connectivity index is 1.47. The Morgan fingerprint density at radius 3 is 2.65 bits per heavy atom. The Morgan fingerprint density at radius 1 is 1.19 bits per heavy atom. The summed E-state index contributed by atoms with van der Waals surface area (Å²) in [6, 6.07) is 7.89. The van der Waals surface area contributed by atoms with Crippen LogP contribution in [0.2, 0.25) is 0 Å². The molecule has 0 bridgehead atoms. The highest BCUT2D eigenvalue weighted by atomic mass is 19.1. The molecule has 2 unspecified atom stereocenters. The lowest BCUT2D eigenvalue weighted by atomic mass is 10.0.